The Kier molecular flexibility index (Phi) is 2.11. The molecule has 0 bridgehead atoms. The van der Waals surface area contributed by atoms with E-state index in [1.165, 1.54) is 18.4 Å². The number of nitrogens with one attached hydrogen (secondary N) is 1. The van der Waals surface area contributed by atoms with E-state index in [0.29, 0.717) is 10.8 Å². The summed E-state index contributed by atoms with van der Waals surface area (Å²) >= 11 is 5.30. The van der Waals surface area contributed by atoms with Gasteiger partial charge in [0.15, 0.2) is 16.7 Å². The van der Waals surface area contributed by atoms with Crippen LogP contribution in [0.1, 0.15) is 36.4 Å². The molecule has 1 aromatic heterocycles. The number of aromatic amines is 1. The van der Waals surface area contributed by atoms with Crippen LogP contribution in [0.2, 0.25) is 0 Å². The molecule has 1 aliphatic carbocycles. The van der Waals surface area contributed by atoms with E-state index in [1.807, 2.05) is 18.2 Å². The van der Waals surface area contributed by atoms with Gasteiger partial charge in [-0.25, -0.2) is 0 Å². The highest BCUT2D eigenvalue weighted by atomic mass is 32.1. The number of ether oxygens (including phenoxy) is 1. The van der Waals surface area contributed by atoms with Crippen molar-refractivity contribution in [3.8, 4) is 5.75 Å². The van der Waals surface area contributed by atoms with Gasteiger partial charge in [-0.2, -0.15) is 5.10 Å². The number of benzene rings is 1. The van der Waals surface area contributed by atoms with Crippen LogP contribution in [0.3, 0.4) is 0 Å². The predicted molar refractivity (Wildman–Crippen MR) is 69.2 cm³/mol. The molecule has 0 saturated heterocycles. The van der Waals surface area contributed by atoms with Gasteiger partial charge in [-0.15, -0.1) is 0 Å². The third kappa shape index (κ3) is 1.50. The van der Waals surface area contributed by atoms with E-state index in [4.69, 9.17) is 17.0 Å². The molecule has 92 valence electrons. The van der Waals surface area contributed by atoms with Gasteiger partial charge in [0.2, 0.25) is 0 Å². The Labute approximate surface area is 110 Å². The van der Waals surface area contributed by atoms with Crippen LogP contribution in [0.5, 0.6) is 5.75 Å². The highest BCUT2D eigenvalue weighted by Crippen LogP contribution is 2.40. The van der Waals surface area contributed by atoms with E-state index in [2.05, 4.69) is 20.8 Å². The minimum Gasteiger partial charge on any atom is -0.482 e. The molecule has 0 spiro atoms. The van der Waals surface area contributed by atoms with Crippen molar-refractivity contribution < 1.29 is 4.74 Å². The van der Waals surface area contributed by atoms with Crippen LogP contribution >= 0.6 is 12.2 Å². The number of fused-ring (bicyclic) bond motifs is 1. The van der Waals surface area contributed by atoms with Gasteiger partial charge in [-0.1, -0.05) is 18.2 Å². The van der Waals surface area contributed by atoms with E-state index in [1.54, 1.807) is 0 Å². The van der Waals surface area contributed by atoms with Crippen molar-refractivity contribution in [1.82, 2.24) is 14.8 Å². The third-order valence-corrected chi connectivity index (χ3v) is 3.87. The lowest BCUT2D eigenvalue weighted by Gasteiger charge is -2.11. The third-order valence-electron chi connectivity index (χ3n) is 3.58. The van der Waals surface area contributed by atoms with Crippen LogP contribution in [0, 0.1) is 4.77 Å². The molecule has 1 atom stereocenters. The lowest BCUT2D eigenvalue weighted by Crippen LogP contribution is -2.11. The molecule has 1 N–H and O–H groups in total. The maximum Gasteiger partial charge on any atom is 0.195 e. The molecule has 4 rings (SSSR count). The van der Waals surface area contributed by atoms with E-state index < -0.39 is 0 Å². The van der Waals surface area contributed by atoms with Gasteiger partial charge in [0.25, 0.3) is 0 Å². The molecule has 18 heavy (non-hydrogen) atoms. The number of para-hydroxylation sites is 1. The SMILES string of the molecule is S=c1[nH]nc(C2Cc3ccccc3O2)n1C1CC1. The minimum absolute atomic E-state index is 0.00375. The summed E-state index contributed by atoms with van der Waals surface area (Å²) in [6, 6.07) is 8.69. The smallest absolute Gasteiger partial charge is 0.195 e. The molecule has 0 amide bonds. The zero-order valence-electron chi connectivity index (χ0n) is 9.80. The molecule has 1 fully saturated rings. The van der Waals surface area contributed by atoms with E-state index >= 15 is 0 Å². The van der Waals surface area contributed by atoms with Crippen molar-refractivity contribution in [2.45, 2.75) is 31.4 Å². The number of rotatable bonds is 2. The molecule has 1 aromatic carbocycles. The van der Waals surface area contributed by atoms with Crippen LogP contribution in [0.25, 0.3) is 0 Å². The Morgan fingerprint density at radius 3 is 2.94 bits per heavy atom. The minimum atomic E-state index is -0.00375. The van der Waals surface area contributed by atoms with Gasteiger partial charge >= 0.3 is 0 Å². The van der Waals surface area contributed by atoms with Crippen LogP contribution in [0.4, 0.5) is 0 Å². The van der Waals surface area contributed by atoms with Gasteiger partial charge < -0.3 is 4.74 Å². The second kappa shape index (κ2) is 3.68. The summed E-state index contributed by atoms with van der Waals surface area (Å²) in [4.78, 5) is 0. The highest BCUT2D eigenvalue weighted by Gasteiger charge is 2.33. The molecule has 2 aliphatic rings. The molecule has 0 radical (unpaired) electrons. The zero-order chi connectivity index (χ0) is 12.1. The second-order valence-corrected chi connectivity index (χ2v) is 5.29. The van der Waals surface area contributed by atoms with Gasteiger partial charge in [-0.05, 0) is 36.7 Å². The predicted octanol–water partition coefficient (Wildman–Crippen LogP) is 2.95. The Balaban J connectivity index is 1.72. The van der Waals surface area contributed by atoms with Gasteiger partial charge in [0, 0.05) is 12.5 Å². The molecule has 5 heteroatoms. The highest BCUT2D eigenvalue weighted by molar-refractivity contribution is 7.71. The summed E-state index contributed by atoms with van der Waals surface area (Å²) in [6.07, 6.45) is 3.26. The standard InChI is InChI=1S/C13H13N3OS/c18-13-15-14-12(16(13)9-5-6-9)11-7-8-3-1-2-4-10(8)17-11/h1-4,9,11H,5-7H2,(H,15,18). The number of aromatic nitrogens is 3. The molecular weight excluding hydrogens is 246 g/mol. The number of hydrogen-bond acceptors (Lipinski definition) is 3. The summed E-state index contributed by atoms with van der Waals surface area (Å²) in [5.74, 6) is 1.91. The summed E-state index contributed by atoms with van der Waals surface area (Å²) in [5.41, 5.74) is 1.25. The van der Waals surface area contributed by atoms with E-state index in [-0.39, 0.29) is 6.10 Å². The average molecular weight is 259 g/mol. The summed E-state index contributed by atoms with van der Waals surface area (Å²) in [5, 5.41) is 7.26. The Hall–Kier alpha value is -1.62. The first-order chi connectivity index (χ1) is 8.83. The summed E-state index contributed by atoms with van der Waals surface area (Å²) < 4.78 is 8.82. The Morgan fingerprint density at radius 2 is 2.17 bits per heavy atom. The van der Waals surface area contributed by atoms with Gasteiger partial charge in [0.05, 0.1) is 0 Å². The molecule has 2 heterocycles. The fourth-order valence-corrected chi connectivity index (χ4v) is 2.84. The normalized spacial score (nSPS) is 21.7. The Bertz CT molecular complexity index is 631. The number of nitrogens with zero attached hydrogens (tertiary/aromatic N) is 2. The fraction of sp³-hybridized carbons (Fsp3) is 0.385. The first kappa shape index (κ1) is 10.3. The maximum absolute atomic E-state index is 5.98. The maximum atomic E-state index is 5.98. The van der Waals surface area contributed by atoms with E-state index in [0.717, 1.165) is 18.0 Å². The van der Waals surface area contributed by atoms with Gasteiger partial charge in [0.1, 0.15) is 5.75 Å². The number of hydrogen-bond donors (Lipinski definition) is 1. The molecule has 1 unspecified atom stereocenters. The first-order valence-electron chi connectivity index (χ1n) is 6.24. The largest absolute Gasteiger partial charge is 0.482 e. The van der Waals surface area contributed by atoms with Crippen molar-refractivity contribution in [2.24, 2.45) is 0 Å². The van der Waals surface area contributed by atoms with Gasteiger partial charge in [-0.3, -0.25) is 9.67 Å². The van der Waals surface area contributed by atoms with Crippen molar-refractivity contribution in [2.75, 3.05) is 0 Å². The quantitative estimate of drug-likeness (QED) is 0.843. The fourth-order valence-electron chi connectivity index (χ4n) is 2.56. The topological polar surface area (TPSA) is 42.8 Å². The molecule has 4 nitrogen and oxygen atoms in total. The Morgan fingerprint density at radius 1 is 1.33 bits per heavy atom. The summed E-state index contributed by atoms with van der Waals surface area (Å²) in [7, 11) is 0. The molecule has 2 aromatic rings. The van der Waals surface area contributed by atoms with E-state index in [9.17, 15) is 0 Å². The van der Waals surface area contributed by atoms with Crippen molar-refractivity contribution in [3.63, 3.8) is 0 Å². The lowest BCUT2D eigenvalue weighted by molar-refractivity contribution is 0.221. The lowest BCUT2D eigenvalue weighted by atomic mass is 10.1. The first-order valence-corrected chi connectivity index (χ1v) is 6.65. The number of H-pyrrole nitrogens is 1. The molecule has 1 saturated carbocycles. The molecular formula is C13H13N3OS. The second-order valence-electron chi connectivity index (χ2n) is 4.91. The van der Waals surface area contributed by atoms with Crippen LogP contribution in [-0.2, 0) is 6.42 Å². The monoisotopic (exact) mass is 259 g/mol. The van der Waals surface area contributed by atoms with Crippen molar-refractivity contribution in [3.05, 3.63) is 40.4 Å². The van der Waals surface area contributed by atoms with Crippen molar-refractivity contribution >= 4 is 12.2 Å². The average Bonchev–Trinajstić information content (AvgIpc) is 3.00. The molecule has 1 aliphatic heterocycles. The van der Waals surface area contributed by atoms with Crippen molar-refractivity contribution in [1.29, 1.82) is 0 Å². The van der Waals surface area contributed by atoms with Crippen LogP contribution in [0.15, 0.2) is 24.3 Å². The summed E-state index contributed by atoms with van der Waals surface area (Å²) in [6.45, 7) is 0. The van der Waals surface area contributed by atoms with Crippen LogP contribution in [-0.4, -0.2) is 14.8 Å². The van der Waals surface area contributed by atoms with Crippen LogP contribution < -0.4 is 4.74 Å². The zero-order valence-corrected chi connectivity index (χ0v) is 10.6.